The first kappa shape index (κ1) is 53.0. The molecule has 2 saturated heterocycles. The Balaban J connectivity index is 0.789. The number of anilines is 2. The number of hydrogen-bond donors (Lipinski definition) is 4. The van der Waals surface area contributed by atoms with Gasteiger partial charge in [-0.1, -0.05) is 44.2 Å². The molecule has 11 rings (SSSR count). The number of H-pyrrole nitrogens is 1. The molecule has 4 fully saturated rings. The molecule has 18 heteroatoms. The van der Waals surface area contributed by atoms with Gasteiger partial charge in [-0.15, -0.1) is 0 Å². The molecule has 410 valence electrons. The molecule has 1 spiro atoms. The van der Waals surface area contributed by atoms with E-state index in [2.05, 4.69) is 97.1 Å². The second-order valence-electron chi connectivity index (χ2n) is 23.5. The molecule has 2 aliphatic carbocycles. The standard InChI is InChI=1S/C60H70N8O9S/c1-38(2)47-9-7-8-10-48(47)52-35-65(34-40-25-41-17-19-58(3,4)77-55(41)54(26-40)75-6)23-24-67(52)44-30-60(31-44)36-66(37-60)43-11-13-49(53(28-43)76-45-27-42-18-22-61-56(42)63-33-45)57(69)64-78(73,74)46-12-14-50(51(29-46)68(71)72)62-32-39-15-20-59(5,70)21-16-39/h7-14,17-19,22,25-29,33,38-39,44,52,62,70H,15-16,20-21,23-24,30-32,34-37H2,1-6H3,(H,61,63)(H,64,69)/t39?,52-,59?/m0/s1. The van der Waals surface area contributed by atoms with Crippen molar-refractivity contribution in [2.45, 2.75) is 114 Å². The molecule has 5 aliphatic rings. The number of nitrogens with one attached hydrogen (secondary N) is 3. The fourth-order valence-corrected chi connectivity index (χ4v) is 13.5. The molecule has 78 heavy (non-hydrogen) atoms. The lowest BCUT2D eigenvalue weighted by Crippen LogP contribution is -2.68. The lowest BCUT2D eigenvalue weighted by Gasteiger charge is -2.63. The Bertz CT molecular complexity index is 3400. The van der Waals surface area contributed by atoms with Crippen molar-refractivity contribution in [2.24, 2.45) is 11.3 Å². The van der Waals surface area contributed by atoms with Crippen LogP contribution in [0.25, 0.3) is 17.1 Å². The number of hydrogen-bond acceptors (Lipinski definition) is 14. The van der Waals surface area contributed by atoms with E-state index in [4.69, 9.17) is 14.2 Å². The van der Waals surface area contributed by atoms with Crippen LogP contribution in [0.4, 0.5) is 17.1 Å². The molecule has 17 nitrogen and oxygen atoms in total. The van der Waals surface area contributed by atoms with Crippen LogP contribution in [0.2, 0.25) is 0 Å². The molecule has 4 aromatic carbocycles. The van der Waals surface area contributed by atoms with Gasteiger partial charge in [0, 0.05) is 98.3 Å². The number of fused-ring (bicyclic) bond motifs is 2. The summed E-state index contributed by atoms with van der Waals surface area (Å²) in [7, 11) is -2.90. The Hall–Kier alpha value is -6.99. The van der Waals surface area contributed by atoms with Gasteiger partial charge in [0.15, 0.2) is 11.5 Å². The van der Waals surface area contributed by atoms with E-state index in [1.807, 2.05) is 32.9 Å². The minimum Gasteiger partial charge on any atom is -0.493 e. The fraction of sp³-hybridized carbons (Fsp3) is 0.433. The number of carbonyl (C=O) groups excluding carboxylic acids is 1. The number of carbonyl (C=O) groups is 1. The van der Waals surface area contributed by atoms with Crippen LogP contribution in [0.1, 0.15) is 118 Å². The molecule has 3 aliphatic heterocycles. The van der Waals surface area contributed by atoms with Gasteiger partial charge in [0.2, 0.25) is 0 Å². The average Bonchev–Trinajstić information content (AvgIpc) is 4.00. The number of aromatic nitrogens is 2. The highest BCUT2D eigenvalue weighted by Gasteiger charge is 2.55. The summed E-state index contributed by atoms with van der Waals surface area (Å²) in [6, 6.07) is 26.2. The third-order valence-electron chi connectivity index (χ3n) is 16.8. The molecule has 0 bridgehead atoms. The molecule has 2 saturated carbocycles. The highest BCUT2D eigenvalue weighted by atomic mass is 32.2. The van der Waals surface area contributed by atoms with Crippen molar-refractivity contribution in [3.05, 3.63) is 141 Å². The van der Waals surface area contributed by atoms with Crippen LogP contribution in [0.5, 0.6) is 23.0 Å². The number of rotatable bonds is 16. The SMILES string of the molecule is COc1cc(CN2CCN(C3CC4(C3)CN(c3ccc(C(=O)NS(=O)(=O)c5ccc(NCC6CCC(C)(O)CC6)c([N+](=O)[O-])c5)c(Oc5cnc6[nH]ccc6c5)c3)C4)[C@H](c3ccccc3C(C)C)C2)cc2c1OC(C)(C)C=C2. The Kier molecular flexibility index (Phi) is 14.1. The number of nitro groups is 1. The molecule has 0 radical (unpaired) electrons. The summed E-state index contributed by atoms with van der Waals surface area (Å²) in [5.41, 5.74) is 5.16. The number of ether oxygens (including phenoxy) is 3. The Labute approximate surface area is 456 Å². The number of benzene rings is 4. The number of nitro benzene ring substituents is 1. The number of nitrogens with zero attached hydrogens (tertiary/aromatic N) is 5. The minimum atomic E-state index is -4.60. The number of pyridine rings is 1. The van der Waals surface area contributed by atoms with E-state index in [-0.39, 0.29) is 34.4 Å². The summed E-state index contributed by atoms with van der Waals surface area (Å²) in [5.74, 6) is 1.63. The van der Waals surface area contributed by atoms with Crippen LogP contribution < -0.4 is 29.1 Å². The van der Waals surface area contributed by atoms with Gasteiger partial charge in [-0.25, -0.2) is 18.1 Å². The lowest BCUT2D eigenvalue weighted by atomic mass is 9.59. The smallest absolute Gasteiger partial charge is 0.293 e. The highest BCUT2D eigenvalue weighted by molar-refractivity contribution is 7.90. The summed E-state index contributed by atoms with van der Waals surface area (Å²) in [4.78, 5) is 40.5. The number of piperazine rings is 1. The lowest BCUT2D eigenvalue weighted by molar-refractivity contribution is -0.384. The Morgan fingerprint density at radius 1 is 0.987 bits per heavy atom. The third-order valence-corrected chi connectivity index (χ3v) is 18.1. The predicted octanol–water partition coefficient (Wildman–Crippen LogP) is 10.6. The summed E-state index contributed by atoms with van der Waals surface area (Å²) in [6.07, 6.45) is 12.4. The highest BCUT2D eigenvalue weighted by Crippen LogP contribution is 2.54. The predicted molar refractivity (Wildman–Crippen MR) is 301 cm³/mol. The zero-order valence-corrected chi connectivity index (χ0v) is 46.1. The first-order valence-electron chi connectivity index (χ1n) is 27.2. The van der Waals surface area contributed by atoms with Gasteiger partial charge in [-0.2, -0.15) is 0 Å². The van der Waals surface area contributed by atoms with Gasteiger partial charge in [-0.3, -0.25) is 24.7 Å². The quantitative estimate of drug-likeness (QED) is 0.0526. The van der Waals surface area contributed by atoms with Crippen molar-refractivity contribution in [3.8, 4) is 23.0 Å². The van der Waals surface area contributed by atoms with Crippen LogP contribution in [0, 0.1) is 21.4 Å². The van der Waals surface area contributed by atoms with Gasteiger partial charge < -0.3 is 34.5 Å². The summed E-state index contributed by atoms with van der Waals surface area (Å²) in [5, 5.41) is 26.5. The summed E-state index contributed by atoms with van der Waals surface area (Å²) in [6.45, 7) is 16.1. The molecule has 6 aromatic rings. The molecule has 5 heterocycles. The summed E-state index contributed by atoms with van der Waals surface area (Å²) < 4.78 is 48.5. The van der Waals surface area contributed by atoms with Crippen molar-refractivity contribution in [1.82, 2.24) is 24.5 Å². The molecular weight excluding hydrogens is 1010 g/mol. The van der Waals surface area contributed by atoms with Crippen molar-refractivity contribution in [1.29, 1.82) is 0 Å². The molecule has 1 amide bonds. The normalized spacial score (nSPS) is 22.1. The van der Waals surface area contributed by atoms with Gasteiger partial charge in [0.05, 0.1) is 34.3 Å². The van der Waals surface area contributed by atoms with Gasteiger partial charge in [0.25, 0.3) is 21.6 Å². The van der Waals surface area contributed by atoms with Crippen molar-refractivity contribution in [3.63, 3.8) is 0 Å². The molecule has 0 unspecified atom stereocenters. The minimum absolute atomic E-state index is 0.0396. The topological polar surface area (TPSA) is 205 Å². The number of sulfonamides is 1. The summed E-state index contributed by atoms with van der Waals surface area (Å²) >= 11 is 0. The van der Waals surface area contributed by atoms with Gasteiger partial charge in [0.1, 0.15) is 28.4 Å². The van der Waals surface area contributed by atoms with Crippen LogP contribution in [0.15, 0.2) is 108 Å². The van der Waals surface area contributed by atoms with Crippen molar-refractivity contribution in [2.75, 3.05) is 56.6 Å². The Morgan fingerprint density at radius 3 is 2.53 bits per heavy atom. The van der Waals surface area contributed by atoms with Gasteiger partial charge in [-0.05, 0) is 142 Å². The third kappa shape index (κ3) is 10.9. The zero-order chi connectivity index (χ0) is 54.7. The second-order valence-corrected chi connectivity index (χ2v) is 25.2. The molecule has 4 N–H and O–H groups in total. The maximum Gasteiger partial charge on any atom is 0.293 e. The van der Waals surface area contributed by atoms with Crippen LogP contribution >= 0.6 is 0 Å². The number of aliphatic hydroxyl groups is 1. The van der Waals surface area contributed by atoms with E-state index in [1.165, 1.54) is 35.0 Å². The zero-order valence-electron chi connectivity index (χ0n) is 45.3. The molecular formula is C60H70N8O9S. The average molecular weight is 1080 g/mol. The molecule has 1 atom stereocenters. The number of methoxy groups -OCH3 is 1. The van der Waals surface area contributed by atoms with Crippen LogP contribution in [-0.4, -0.2) is 108 Å². The van der Waals surface area contributed by atoms with Crippen LogP contribution in [0.3, 0.4) is 0 Å². The van der Waals surface area contributed by atoms with E-state index in [9.17, 15) is 28.4 Å². The largest absolute Gasteiger partial charge is 0.493 e. The van der Waals surface area contributed by atoms with E-state index in [0.29, 0.717) is 42.7 Å². The van der Waals surface area contributed by atoms with Crippen LogP contribution in [-0.2, 0) is 16.6 Å². The van der Waals surface area contributed by atoms with Gasteiger partial charge >= 0.3 is 0 Å². The van der Waals surface area contributed by atoms with E-state index >= 15 is 0 Å². The second kappa shape index (κ2) is 20.7. The van der Waals surface area contributed by atoms with E-state index < -0.39 is 42.6 Å². The number of aromatic amines is 1. The number of amides is 1. The Morgan fingerprint density at radius 2 is 1.77 bits per heavy atom. The maximum atomic E-state index is 14.1. The van der Waals surface area contributed by atoms with Crippen molar-refractivity contribution >= 4 is 50.1 Å². The first-order chi connectivity index (χ1) is 37.2. The molecule has 2 aromatic heterocycles. The van der Waals surface area contributed by atoms with E-state index in [1.54, 1.807) is 31.5 Å². The van der Waals surface area contributed by atoms with Crippen molar-refractivity contribution < 1.29 is 37.5 Å². The monoisotopic (exact) mass is 1080 g/mol. The first-order valence-corrected chi connectivity index (χ1v) is 28.7. The van der Waals surface area contributed by atoms with E-state index in [0.717, 1.165) is 99.2 Å². The maximum absolute atomic E-state index is 14.1. The fourth-order valence-electron chi connectivity index (χ4n) is 12.5.